The molecule has 2 aliphatic rings. The van der Waals surface area contributed by atoms with E-state index in [4.69, 9.17) is 0 Å². The Labute approximate surface area is 97.4 Å². The second kappa shape index (κ2) is 5.17. The van der Waals surface area contributed by atoms with Gasteiger partial charge in [0.1, 0.15) is 0 Å². The van der Waals surface area contributed by atoms with Crippen molar-refractivity contribution in [2.24, 2.45) is 11.3 Å². The van der Waals surface area contributed by atoms with Gasteiger partial charge in [0, 0.05) is 0 Å². The van der Waals surface area contributed by atoms with E-state index in [1.807, 2.05) is 0 Å². The summed E-state index contributed by atoms with van der Waals surface area (Å²) in [5.74, 6) is 1.10. The van der Waals surface area contributed by atoms with Crippen LogP contribution in [-0.4, -0.2) is 12.3 Å². The van der Waals surface area contributed by atoms with E-state index in [2.05, 4.69) is 13.6 Å². The number of hydrogen-bond donors (Lipinski definition) is 0. The van der Waals surface area contributed by atoms with Gasteiger partial charge in [-0.25, -0.2) is 0 Å². The van der Waals surface area contributed by atoms with Gasteiger partial charge in [0.2, 0.25) is 0 Å². The van der Waals surface area contributed by atoms with Crippen LogP contribution in [0.4, 0.5) is 0 Å². The molecule has 0 aromatic carbocycles. The smallest absolute Gasteiger partial charge is 0.0207 e. The first-order chi connectivity index (χ1) is 7.29. The van der Waals surface area contributed by atoms with Crippen LogP contribution in [0, 0.1) is 11.3 Å². The lowest BCUT2D eigenvalue weighted by Crippen LogP contribution is -2.39. The Morgan fingerprint density at radius 3 is 2.13 bits per heavy atom. The summed E-state index contributed by atoms with van der Waals surface area (Å²) in [5, 5.41) is 0. The van der Waals surface area contributed by atoms with Crippen LogP contribution in [-0.2, 0) is 0 Å². The lowest BCUT2D eigenvalue weighted by Gasteiger charge is -2.47. The van der Waals surface area contributed by atoms with Gasteiger partial charge < -0.3 is 0 Å². The van der Waals surface area contributed by atoms with E-state index in [0.29, 0.717) is 0 Å². The van der Waals surface area contributed by atoms with Crippen molar-refractivity contribution >= 4 is 8.58 Å². The first kappa shape index (κ1) is 11.9. The highest BCUT2D eigenvalue weighted by Crippen LogP contribution is 2.54. The Kier molecular flexibility index (Phi) is 4.10. The van der Waals surface area contributed by atoms with Crippen LogP contribution in [0.2, 0.25) is 0 Å². The van der Waals surface area contributed by atoms with Crippen LogP contribution >= 0.6 is 8.58 Å². The minimum absolute atomic E-state index is 0.780. The fourth-order valence-electron chi connectivity index (χ4n) is 4.19. The normalized spacial score (nSPS) is 30.0. The highest BCUT2D eigenvalue weighted by Gasteiger charge is 2.43. The summed E-state index contributed by atoms with van der Waals surface area (Å²) in [4.78, 5) is 0. The highest BCUT2D eigenvalue weighted by molar-refractivity contribution is 7.37. The van der Waals surface area contributed by atoms with Gasteiger partial charge in [0.25, 0.3) is 0 Å². The van der Waals surface area contributed by atoms with Crippen LogP contribution in [0.15, 0.2) is 0 Å². The molecule has 2 rings (SSSR count). The molecule has 2 aliphatic carbocycles. The van der Waals surface area contributed by atoms with Gasteiger partial charge in [-0.05, 0) is 49.3 Å². The zero-order valence-electron chi connectivity index (χ0n) is 10.5. The number of rotatable bonds is 3. The van der Waals surface area contributed by atoms with Gasteiger partial charge in [-0.1, -0.05) is 39.0 Å². The predicted molar refractivity (Wildman–Crippen MR) is 71.2 cm³/mol. The molecule has 0 amide bonds. The first-order valence-electron chi connectivity index (χ1n) is 6.97. The minimum atomic E-state index is 0.780. The van der Waals surface area contributed by atoms with Gasteiger partial charge in [0.05, 0.1) is 0 Å². The Hall–Kier alpha value is 0.430. The molecule has 0 N–H and O–H groups in total. The van der Waals surface area contributed by atoms with E-state index in [1.54, 1.807) is 25.7 Å². The summed E-state index contributed by atoms with van der Waals surface area (Å²) in [7, 11) is 1.16. The number of hydrogen-bond acceptors (Lipinski definition) is 0. The summed E-state index contributed by atoms with van der Waals surface area (Å²) in [6.45, 7) is 4.97. The second-order valence-electron chi connectivity index (χ2n) is 5.79. The maximum atomic E-state index is 2.54. The Morgan fingerprint density at radius 2 is 1.60 bits per heavy atom. The summed E-state index contributed by atoms with van der Waals surface area (Å²) >= 11 is 0. The molecule has 15 heavy (non-hydrogen) atoms. The molecule has 0 aliphatic heterocycles. The lowest BCUT2D eigenvalue weighted by atomic mass is 9.63. The minimum Gasteiger partial charge on any atom is -0.122 e. The molecule has 0 aromatic rings. The van der Waals surface area contributed by atoms with Gasteiger partial charge in [-0.2, -0.15) is 0 Å². The van der Waals surface area contributed by atoms with Crippen molar-refractivity contribution < 1.29 is 0 Å². The second-order valence-corrected chi connectivity index (χ2v) is 7.23. The third-order valence-electron chi connectivity index (χ3n) is 5.25. The third kappa shape index (κ3) is 2.26. The molecule has 88 valence electrons. The van der Waals surface area contributed by atoms with E-state index in [9.17, 15) is 0 Å². The molecule has 2 unspecified atom stereocenters. The van der Waals surface area contributed by atoms with E-state index in [1.165, 1.54) is 32.1 Å². The van der Waals surface area contributed by atoms with Crippen LogP contribution in [0.1, 0.15) is 64.7 Å². The van der Waals surface area contributed by atoms with Crippen molar-refractivity contribution in [3.05, 3.63) is 0 Å². The van der Waals surface area contributed by atoms with Crippen LogP contribution < -0.4 is 0 Å². The molecule has 0 bridgehead atoms. The zero-order chi connectivity index (χ0) is 10.7. The Morgan fingerprint density at radius 1 is 1.00 bits per heavy atom. The van der Waals surface area contributed by atoms with Gasteiger partial charge in [0.15, 0.2) is 0 Å². The molecule has 1 heteroatoms. The lowest BCUT2D eigenvalue weighted by molar-refractivity contribution is 0.0991. The Bertz CT molecular complexity index is 188. The van der Waals surface area contributed by atoms with E-state index in [-0.39, 0.29) is 0 Å². The van der Waals surface area contributed by atoms with Crippen molar-refractivity contribution in [2.75, 3.05) is 6.66 Å². The van der Waals surface area contributed by atoms with Crippen molar-refractivity contribution in [1.82, 2.24) is 0 Å². The summed E-state index contributed by atoms with van der Waals surface area (Å²) in [5.41, 5.74) is 1.78. The monoisotopic (exact) mass is 226 g/mol. The van der Waals surface area contributed by atoms with Crippen molar-refractivity contribution in [3.63, 3.8) is 0 Å². The molecular weight excluding hydrogens is 199 g/mol. The SMILES string of the molecule is CPC(C)C1(C2CCCC2)CCCCC1. The third-order valence-corrected chi connectivity index (χ3v) is 6.69. The fourth-order valence-corrected chi connectivity index (χ4v) is 5.29. The topological polar surface area (TPSA) is 0 Å². The standard InChI is InChI=1S/C14H27P/c1-12(15-2)14(10-6-3-7-11-14)13-8-4-5-9-13/h12-13,15H,3-11H2,1-2H3. The van der Waals surface area contributed by atoms with E-state index >= 15 is 0 Å². The highest BCUT2D eigenvalue weighted by atomic mass is 31.1. The van der Waals surface area contributed by atoms with Gasteiger partial charge >= 0.3 is 0 Å². The van der Waals surface area contributed by atoms with Crippen LogP contribution in [0.5, 0.6) is 0 Å². The Balaban J connectivity index is 2.12. The largest absolute Gasteiger partial charge is 0.122 e. The van der Waals surface area contributed by atoms with Crippen molar-refractivity contribution in [1.29, 1.82) is 0 Å². The molecule has 2 fully saturated rings. The average molecular weight is 226 g/mol. The van der Waals surface area contributed by atoms with Gasteiger partial charge in [-0.3, -0.25) is 0 Å². The van der Waals surface area contributed by atoms with Gasteiger partial charge in [-0.15, -0.1) is 8.58 Å². The summed E-state index contributed by atoms with van der Waals surface area (Å²) in [6.07, 6.45) is 13.8. The fraction of sp³-hybridized carbons (Fsp3) is 1.00. The molecular formula is C14H27P. The van der Waals surface area contributed by atoms with Crippen LogP contribution in [0.25, 0.3) is 0 Å². The zero-order valence-corrected chi connectivity index (χ0v) is 11.5. The van der Waals surface area contributed by atoms with Crippen molar-refractivity contribution in [2.45, 2.75) is 70.4 Å². The maximum Gasteiger partial charge on any atom is -0.0207 e. The summed E-state index contributed by atoms with van der Waals surface area (Å²) in [6, 6.07) is 0. The molecule has 0 heterocycles. The summed E-state index contributed by atoms with van der Waals surface area (Å²) < 4.78 is 0. The van der Waals surface area contributed by atoms with Crippen molar-refractivity contribution in [3.8, 4) is 0 Å². The molecule has 0 nitrogen and oxygen atoms in total. The van der Waals surface area contributed by atoms with Crippen LogP contribution in [0.3, 0.4) is 0 Å². The predicted octanol–water partition coefficient (Wildman–Crippen LogP) is 4.82. The first-order valence-corrected chi connectivity index (χ1v) is 8.54. The average Bonchev–Trinajstić information content (AvgIpc) is 2.83. The molecule has 2 saturated carbocycles. The quantitative estimate of drug-likeness (QED) is 0.605. The van der Waals surface area contributed by atoms with E-state index in [0.717, 1.165) is 25.6 Å². The molecule has 2 atom stereocenters. The molecule has 0 saturated heterocycles. The maximum absolute atomic E-state index is 2.54. The molecule has 0 spiro atoms. The van der Waals surface area contributed by atoms with E-state index < -0.39 is 0 Å². The molecule has 0 radical (unpaired) electrons. The molecule has 0 aromatic heterocycles.